The summed E-state index contributed by atoms with van der Waals surface area (Å²) >= 11 is 0. The number of rotatable bonds is 11. The van der Waals surface area contributed by atoms with Crippen LogP contribution in [-0.4, -0.2) is 60.6 Å². The van der Waals surface area contributed by atoms with E-state index in [-0.39, 0.29) is 29.8 Å². The third kappa shape index (κ3) is 6.26. The standard InChI is InChI=1S/C25H35N5O5/c1-8-34-22-9-16(2)23-28-29(24(26)30(23)27-22)13-21(31)17-10-18(25(3,4)5)12-19(11-17)35-20(14-32-6)15-33-7/h9-12,20,26H,8,13-15H2,1-7H3/p+1. The summed E-state index contributed by atoms with van der Waals surface area (Å²) in [6, 6.07) is 7.37. The number of ketones is 1. The number of Topliss-reactive ketones (excluding diaryl/α,β-unsaturated/α-hetero) is 1. The highest BCUT2D eigenvalue weighted by Gasteiger charge is 2.25. The van der Waals surface area contributed by atoms with Crippen molar-refractivity contribution in [1.29, 1.82) is 0 Å². The molecular formula is C25H36N5O5+. The van der Waals surface area contributed by atoms with Crippen molar-refractivity contribution in [3.8, 4) is 11.6 Å². The number of hydrogen-bond acceptors (Lipinski definition) is 8. The summed E-state index contributed by atoms with van der Waals surface area (Å²) in [5.74, 6) is 1.11. The molecule has 0 aliphatic heterocycles. The molecule has 3 rings (SSSR count). The van der Waals surface area contributed by atoms with Gasteiger partial charge in [-0.25, -0.2) is 0 Å². The van der Waals surface area contributed by atoms with Gasteiger partial charge < -0.3 is 18.9 Å². The zero-order chi connectivity index (χ0) is 25.8. The third-order valence-corrected chi connectivity index (χ3v) is 5.48. The van der Waals surface area contributed by atoms with E-state index in [0.29, 0.717) is 42.7 Å². The van der Waals surface area contributed by atoms with Crippen LogP contribution in [0.2, 0.25) is 0 Å². The van der Waals surface area contributed by atoms with Gasteiger partial charge >= 0.3 is 5.95 Å². The van der Waals surface area contributed by atoms with E-state index in [0.717, 1.165) is 11.1 Å². The number of benzene rings is 1. The maximum absolute atomic E-state index is 13.4. The Labute approximate surface area is 205 Å². The largest absolute Gasteiger partial charge is 0.486 e. The van der Waals surface area contributed by atoms with E-state index in [1.165, 1.54) is 9.20 Å². The predicted octanol–water partition coefficient (Wildman–Crippen LogP) is 2.53. The Kier molecular flexibility index (Phi) is 8.29. The molecule has 0 aliphatic rings. The second-order valence-corrected chi connectivity index (χ2v) is 9.42. The van der Waals surface area contributed by atoms with E-state index < -0.39 is 0 Å². The number of fused-ring (bicyclic) bond motifs is 1. The first-order valence-corrected chi connectivity index (χ1v) is 11.6. The van der Waals surface area contributed by atoms with Crippen molar-refractivity contribution < 1.29 is 28.4 Å². The Morgan fingerprint density at radius 1 is 1.14 bits per heavy atom. The van der Waals surface area contributed by atoms with Crippen LogP contribution in [0.4, 0.5) is 5.95 Å². The summed E-state index contributed by atoms with van der Waals surface area (Å²) in [7, 11) is 3.22. The van der Waals surface area contributed by atoms with Crippen molar-refractivity contribution in [3.63, 3.8) is 0 Å². The number of aryl methyl sites for hydroxylation is 1. The van der Waals surface area contributed by atoms with Gasteiger partial charge in [0.15, 0.2) is 12.3 Å². The summed E-state index contributed by atoms with van der Waals surface area (Å²) < 4.78 is 25.1. The summed E-state index contributed by atoms with van der Waals surface area (Å²) in [4.78, 5) is 13.4. The van der Waals surface area contributed by atoms with Gasteiger partial charge in [-0.3, -0.25) is 10.5 Å². The Morgan fingerprint density at radius 2 is 1.83 bits per heavy atom. The molecule has 1 aromatic carbocycles. The second-order valence-electron chi connectivity index (χ2n) is 9.42. The van der Waals surface area contributed by atoms with Crippen molar-refractivity contribution in [2.75, 3.05) is 39.8 Å². The van der Waals surface area contributed by atoms with Crippen LogP contribution in [-0.2, 0) is 21.4 Å². The number of carbonyl (C=O) groups is 1. The van der Waals surface area contributed by atoms with E-state index in [1.54, 1.807) is 26.4 Å². The van der Waals surface area contributed by atoms with E-state index in [1.807, 2.05) is 26.0 Å². The maximum Gasteiger partial charge on any atom is 0.401 e. The van der Waals surface area contributed by atoms with Gasteiger partial charge in [0, 0.05) is 31.4 Å². The number of carbonyl (C=O) groups excluding carboxylic acids is 1. The van der Waals surface area contributed by atoms with Crippen LogP contribution in [0.25, 0.3) is 5.65 Å². The highest BCUT2D eigenvalue weighted by Crippen LogP contribution is 2.29. The topological polar surface area (TPSA) is 114 Å². The van der Waals surface area contributed by atoms with E-state index in [2.05, 4.69) is 31.0 Å². The van der Waals surface area contributed by atoms with Crippen molar-refractivity contribution >= 4 is 17.4 Å². The molecule has 2 heterocycles. The number of anilines is 1. The van der Waals surface area contributed by atoms with E-state index in [4.69, 9.17) is 24.7 Å². The molecule has 0 spiro atoms. The molecule has 2 N–H and O–H groups in total. The first kappa shape index (κ1) is 26.4. The van der Waals surface area contributed by atoms with Crippen molar-refractivity contribution in [3.05, 3.63) is 41.0 Å². The van der Waals surface area contributed by atoms with E-state index in [9.17, 15) is 4.79 Å². The zero-order valence-electron chi connectivity index (χ0n) is 21.6. The molecule has 0 fully saturated rings. The Bertz CT molecular complexity index is 1180. The van der Waals surface area contributed by atoms with Gasteiger partial charge in [-0.15, -0.1) is 4.68 Å². The van der Waals surface area contributed by atoms with Crippen LogP contribution in [0, 0.1) is 6.92 Å². The Hall–Kier alpha value is -3.24. The predicted molar refractivity (Wildman–Crippen MR) is 131 cm³/mol. The van der Waals surface area contributed by atoms with Gasteiger partial charge in [0.2, 0.25) is 5.88 Å². The molecule has 190 valence electrons. The molecule has 10 heteroatoms. The minimum absolute atomic E-state index is 0.0504. The Morgan fingerprint density at radius 3 is 2.43 bits per heavy atom. The van der Waals surface area contributed by atoms with E-state index >= 15 is 0 Å². The third-order valence-electron chi connectivity index (χ3n) is 5.48. The average Bonchev–Trinajstić information content (AvgIpc) is 3.09. The van der Waals surface area contributed by atoms with Gasteiger partial charge in [0.1, 0.15) is 11.9 Å². The fourth-order valence-electron chi connectivity index (χ4n) is 3.65. The number of nitrogens with two attached hydrogens (primary N) is 1. The lowest BCUT2D eigenvalue weighted by atomic mass is 9.85. The van der Waals surface area contributed by atoms with Crippen LogP contribution < -0.4 is 19.9 Å². The number of nitrogen functional groups attached to an aromatic ring is 1. The van der Waals surface area contributed by atoms with Gasteiger partial charge in [-0.05, 0) is 43.0 Å². The van der Waals surface area contributed by atoms with Crippen molar-refractivity contribution in [2.24, 2.45) is 0 Å². The molecule has 10 nitrogen and oxygen atoms in total. The summed E-state index contributed by atoms with van der Waals surface area (Å²) in [6.07, 6.45) is -0.305. The molecule has 0 amide bonds. The number of ether oxygens (including phenoxy) is 4. The number of hydrogen-bond donors (Lipinski definition) is 1. The first-order valence-electron chi connectivity index (χ1n) is 11.6. The number of methoxy groups -OCH3 is 2. The summed E-state index contributed by atoms with van der Waals surface area (Å²) in [5, 5.41) is 8.91. The molecule has 0 radical (unpaired) electrons. The van der Waals surface area contributed by atoms with Crippen molar-refractivity contribution in [1.82, 2.24) is 14.7 Å². The molecule has 0 unspecified atom stereocenters. The lowest BCUT2D eigenvalue weighted by molar-refractivity contribution is -0.723. The lowest BCUT2D eigenvalue weighted by Crippen LogP contribution is -2.42. The number of nitrogens with zero attached hydrogens (tertiary/aromatic N) is 4. The SMILES string of the molecule is CCOc1cc(C)c2n[n+](CC(=O)c3cc(OC(COC)COC)cc(C(C)(C)C)c3)c(N)n2n1. The summed E-state index contributed by atoms with van der Waals surface area (Å²) in [5.41, 5.74) is 8.99. The molecule has 0 aliphatic carbocycles. The fourth-order valence-corrected chi connectivity index (χ4v) is 3.65. The van der Waals surface area contributed by atoms with Crippen LogP contribution in [0.5, 0.6) is 11.6 Å². The molecule has 0 saturated carbocycles. The smallest absolute Gasteiger partial charge is 0.401 e. The number of aromatic nitrogens is 4. The normalized spacial score (nSPS) is 11.9. The lowest BCUT2D eigenvalue weighted by Gasteiger charge is -2.23. The molecule has 3 aromatic rings. The monoisotopic (exact) mass is 486 g/mol. The second kappa shape index (κ2) is 11.0. The first-order chi connectivity index (χ1) is 16.6. The molecule has 2 aromatic heterocycles. The van der Waals surface area contributed by atoms with Crippen LogP contribution >= 0.6 is 0 Å². The van der Waals surface area contributed by atoms with Gasteiger partial charge in [0.05, 0.1) is 19.8 Å². The zero-order valence-corrected chi connectivity index (χ0v) is 21.6. The summed E-state index contributed by atoms with van der Waals surface area (Å²) in [6.45, 7) is 11.2. The highest BCUT2D eigenvalue weighted by atomic mass is 16.6. The fraction of sp³-hybridized carbons (Fsp3) is 0.520. The Balaban J connectivity index is 1.95. The van der Waals surface area contributed by atoms with Gasteiger partial charge in [0.25, 0.3) is 5.65 Å². The van der Waals surface area contributed by atoms with Crippen LogP contribution in [0.3, 0.4) is 0 Å². The maximum atomic E-state index is 13.4. The van der Waals surface area contributed by atoms with Crippen LogP contribution in [0.1, 0.15) is 49.2 Å². The minimum atomic E-state index is -0.305. The highest BCUT2D eigenvalue weighted by molar-refractivity contribution is 5.95. The average molecular weight is 487 g/mol. The van der Waals surface area contributed by atoms with Crippen LogP contribution in [0.15, 0.2) is 24.3 Å². The van der Waals surface area contributed by atoms with Gasteiger partial charge in [-0.2, -0.15) is 0 Å². The molecule has 0 saturated heterocycles. The quantitative estimate of drug-likeness (QED) is 0.325. The molecule has 0 bridgehead atoms. The molecule has 0 atom stereocenters. The molecular weight excluding hydrogens is 450 g/mol. The van der Waals surface area contributed by atoms with Crippen molar-refractivity contribution in [2.45, 2.75) is 52.7 Å². The molecule has 35 heavy (non-hydrogen) atoms. The minimum Gasteiger partial charge on any atom is -0.486 e. The van der Waals surface area contributed by atoms with Gasteiger partial charge in [-0.1, -0.05) is 35.5 Å².